The molecule has 0 saturated heterocycles. The molecular weight excluding hydrogens is 311 g/mol. The zero-order valence-corrected chi connectivity index (χ0v) is 10.9. The van der Waals surface area contributed by atoms with E-state index < -0.39 is 11.7 Å². The molecule has 1 aromatic heterocycles. The fourth-order valence-electron chi connectivity index (χ4n) is 1.99. The molecule has 1 heterocycles. The van der Waals surface area contributed by atoms with Crippen molar-refractivity contribution in [2.75, 3.05) is 6.61 Å². The van der Waals surface area contributed by atoms with Crippen LogP contribution in [-0.4, -0.2) is 16.7 Å². The lowest BCUT2D eigenvalue weighted by Crippen LogP contribution is -2.06. The van der Waals surface area contributed by atoms with Crippen molar-refractivity contribution in [2.45, 2.75) is 19.0 Å². The van der Waals surface area contributed by atoms with E-state index in [9.17, 15) is 13.2 Å². The van der Waals surface area contributed by atoms with Crippen LogP contribution in [-0.2, 0) is 12.6 Å². The van der Waals surface area contributed by atoms with E-state index in [1.807, 2.05) is 0 Å². The van der Waals surface area contributed by atoms with Crippen molar-refractivity contribution in [3.05, 3.63) is 33.9 Å². The SMILES string of the molecule is OCCCc1c[nH]c2c(Br)ccc(C(F)(F)F)c12. The maximum absolute atomic E-state index is 13.0. The number of hydrogen-bond donors (Lipinski definition) is 2. The zero-order valence-electron chi connectivity index (χ0n) is 9.31. The summed E-state index contributed by atoms with van der Waals surface area (Å²) in [5.41, 5.74) is 0.375. The number of aromatic nitrogens is 1. The maximum Gasteiger partial charge on any atom is 0.417 e. The first-order valence-electron chi connectivity index (χ1n) is 5.41. The number of H-pyrrole nitrogens is 1. The third-order valence-corrected chi connectivity index (χ3v) is 3.44. The van der Waals surface area contributed by atoms with E-state index in [2.05, 4.69) is 20.9 Å². The lowest BCUT2D eigenvalue weighted by Gasteiger charge is -2.10. The van der Waals surface area contributed by atoms with Crippen LogP contribution >= 0.6 is 15.9 Å². The van der Waals surface area contributed by atoms with Crippen molar-refractivity contribution in [1.82, 2.24) is 4.98 Å². The molecule has 0 amide bonds. The van der Waals surface area contributed by atoms with Gasteiger partial charge in [-0.05, 0) is 46.5 Å². The van der Waals surface area contributed by atoms with Crippen molar-refractivity contribution in [2.24, 2.45) is 0 Å². The van der Waals surface area contributed by atoms with Gasteiger partial charge < -0.3 is 10.1 Å². The summed E-state index contributed by atoms with van der Waals surface area (Å²) in [5.74, 6) is 0. The Kier molecular flexibility index (Phi) is 3.68. The number of aromatic amines is 1. The number of aliphatic hydroxyl groups excluding tert-OH is 1. The van der Waals surface area contributed by atoms with E-state index in [0.717, 1.165) is 6.07 Å². The number of halogens is 4. The van der Waals surface area contributed by atoms with E-state index in [1.165, 1.54) is 6.07 Å². The highest BCUT2D eigenvalue weighted by atomic mass is 79.9. The molecule has 0 aliphatic heterocycles. The molecular formula is C12H11BrF3NO. The summed E-state index contributed by atoms with van der Waals surface area (Å²) in [5, 5.41) is 8.96. The molecule has 0 aliphatic carbocycles. The van der Waals surface area contributed by atoms with Gasteiger partial charge in [0, 0.05) is 22.7 Å². The summed E-state index contributed by atoms with van der Waals surface area (Å²) in [6.07, 6.45) is -1.96. The number of aliphatic hydroxyl groups is 1. The van der Waals surface area contributed by atoms with Crippen LogP contribution in [0.2, 0.25) is 0 Å². The Balaban J connectivity index is 2.64. The van der Waals surface area contributed by atoms with Crippen molar-refractivity contribution in [3.63, 3.8) is 0 Å². The predicted octanol–water partition coefficient (Wildman–Crippen LogP) is 3.87. The molecule has 98 valence electrons. The Bertz CT molecular complexity index is 562. The van der Waals surface area contributed by atoms with Crippen LogP contribution in [0.4, 0.5) is 13.2 Å². The summed E-state index contributed by atoms with van der Waals surface area (Å²) in [4.78, 5) is 2.85. The maximum atomic E-state index is 13.0. The number of rotatable bonds is 3. The summed E-state index contributed by atoms with van der Waals surface area (Å²) in [6.45, 7) is -0.0397. The average molecular weight is 322 g/mol. The molecule has 6 heteroatoms. The van der Waals surface area contributed by atoms with Gasteiger partial charge in [0.1, 0.15) is 0 Å². The van der Waals surface area contributed by atoms with Gasteiger partial charge >= 0.3 is 6.18 Å². The smallest absolute Gasteiger partial charge is 0.396 e. The molecule has 2 aromatic rings. The molecule has 0 fully saturated rings. The minimum Gasteiger partial charge on any atom is -0.396 e. The molecule has 1 aromatic carbocycles. The first-order chi connectivity index (χ1) is 8.45. The highest BCUT2D eigenvalue weighted by molar-refractivity contribution is 9.10. The number of benzene rings is 1. The molecule has 0 aliphatic rings. The highest BCUT2D eigenvalue weighted by Crippen LogP contribution is 2.39. The molecule has 2 N–H and O–H groups in total. The summed E-state index contributed by atoms with van der Waals surface area (Å²) in [7, 11) is 0. The largest absolute Gasteiger partial charge is 0.417 e. The first kappa shape index (κ1) is 13.4. The standard InChI is InChI=1S/C12H11BrF3NO/c13-9-4-3-8(12(14,15)16)10-7(2-1-5-18)6-17-11(9)10/h3-4,6,17-18H,1-2,5H2. The number of fused-ring (bicyclic) bond motifs is 1. The molecule has 0 saturated carbocycles. The number of alkyl halides is 3. The molecule has 0 spiro atoms. The predicted molar refractivity (Wildman–Crippen MR) is 66.4 cm³/mol. The van der Waals surface area contributed by atoms with E-state index in [-0.39, 0.29) is 12.0 Å². The number of nitrogens with one attached hydrogen (secondary N) is 1. The molecule has 0 radical (unpaired) electrons. The van der Waals surface area contributed by atoms with Crippen molar-refractivity contribution in [3.8, 4) is 0 Å². The number of hydrogen-bond acceptors (Lipinski definition) is 1. The second-order valence-corrected chi connectivity index (χ2v) is 4.84. The normalized spacial score (nSPS) is 12.3. The second kappa shape index (κ2) is 4.93. The molecule has 18 heavy (non-hydrogen) atoms. The Morgan fingerprint density at radius 2 is 2.00 bits per heavy atom. The average Bonchev–Trinajstić information content (AvgIpc) is 2.70. The topological polar surface area (TPSA) is 36.0 Å². The monoisotopic (exact) mass is 321 g/mol. The lowest BCUT2D eigenvalue weighted by atomic mass is 10.0. The highest BCUT2D eigenvalue weighted by Gasteiger charge is 2.34. The van der Waals surface area contributed by atoms with Crippen LogP contribution in [0.5, 0.6) is 0 Å². The van der Waals surface area contributed by atoms with Gasteiger partial charge in [-0.1, -0.05) is 0 Å². The van der Waals surface area contributed by atoms with E-state index in [1.54, 1.807) is 6.20 Å². The van der Waals surface area contributed by atoms with Crippen LogP contribution in [0.1, 0.15) is 17.5 Å². The molecule has 2 nitrogen and oxygen atoms in total. The third kappa shape index (κ3) is 2.40. The molecule has 0 unspecified atom stereocenters. The summed E-state index contributed by atoms with van der Waals surface area (Å²) in [6, 6.07) is 2.46. The molecule has 0 atom stereocenters. The van der Waals surface area contributed by atoms with Crippen molar-refractivity contribution < 1.29 is 18.3 Å². The molecule has 0 bridgehead atoms. The quantitative estimate of drug-likeness (QED) is 0.884. The Morgan fingerprint density at radius 3 is 2.61 bits per heavy atom. The Morgan fingerprint density at radius 1 is 1.28 bits per heavy atom. The van der Waals surface area contributed by atoms with Crippen LogP contribution in [0.3, 0.4) is 0 Å². The van der Waals surface area contributed by atoms with Gasteiger partial charge in [-0.15, -0.1) is 0 Å². The van der Waals surface area contributed by atoms with E-state index in [0.29, 0.717) is 28.4 Å². The van der Waals surface area contributed by atoms with Gasteiger partial charge in [-0.3, -0.25) is 0 Å². The Hall–Kier alpha value is -1.01. The van der Waals surface area contributed by atoms with Crippen LogP contribution in [0.25, 0.3) is 10.9 Å². The second-order valence-electron chi connectivity index (χ2n) is 3.98. The fourth-order valence-corrected chi connectivity index (χ4v) is 2.43. The number of aryl methyl sites for hydroxylation is 1. The minimum atomic E-state index is -4.38. The summed E-state index contributed by atoms with van der Waals surface area (Å²) >= 11 is 3.23. The van der Waals surface area contributed by atoms with Crippen molar-refractivity contribution in [1.29, 1.82) is 0 Å². The summed E-state index contributed by atoms with van der Waals surface area (Å²) < 4.78 is 39.4. The van der Waals surface area contributed by atoms with Gasteiger partial charge in [-0.2, -0.15) is 13.2 Å². The van der Waals surface area contributed by atoms with Gasteiger partial charge in [0.2, 0.25) is 0 Å². The van der Waals surface area contributed by atoms with Gasteiger partial charge in [0.05, 0.1) is 11.1 Å². The minimum absolute atomic E-state index is 0.0397. The van der Waals surface area contributed by atoms with Gasteiger partial charge in [-0.25, -0.2) is 0 Å². The van der Waals surface area contributed by atoms with Gasteiger partial charge in [0.25, 0.3) is 0 Å². The van der Waals surface area contributed by atoms with Crippen molar-refractivity contribution >= 4 is 26.8 Å². The Labute approximate surface area is 110 Å². The van der Waals surface area contributed by atoms with Gasteiger partial charge in [0.15, 0.2) is 0 Å². The van der Waals surface area contributed by atoms with E-state index in [4.69, 9.17) is 5.11 Å². The van der Waals surface area contributed by atoms with Crippen LogP contribution in [0.15, 0.2) is 22.8 Å². The first-order valence-corrected chi connectivity index (χ1v) is 6.21. The zero-order chi connectivity index (χ0) is 13.3. The lowest BCUT2D eigenvalue weighted by molar-refractivity contribution is -0.136. The fraction of sp³-hybridized carbons (Fsp3) is 0.333. The van der Waals surface area contributed by atoms with Crippen LogP contribution in [0, 0.1) is 0 Å². The van der Waals surface area contributed by atoms with Crippen LogP contribution < -0.4 is 0 Å². The molecule has 2 rings (SSSR count). The third-order valence-electron chi connectivity index (χ3n) is 2.78. The van der Waals surface area contributed by atoms with E-state index >= 15 is 0 Å².